The molecule has 5 nitrogen and oxygen atoms in total. The molecule has 0 radical (unpaired) electrons. The zero-order valence-electron chi connectivity index (χ0n) is 14.8. The Labute approximate surface area is 179 Å². The minimum atomic E-state index is -1.62. The van der Waals surface area contributed by atoms with Crippen molar-refractivity contribution in [1.29, 1.82) is 0 Å². The molecule has 1 saturated heterocycles. The van der Waals surface area contributed by atoms with Crippen LogP contribution in [0.2, 0.25) is 0 Å². The van der Waals surface area contributed by atoms with Gasteiger partial charge in [0, 0.05) is 0 Å². The van der Waals surface area contributed by atoms with Gasteiger partial charge in [-0.3, -0.25) is 0 Å². The molecule has 1 aliphatic heterocycles. The van der Waals surface area contributed by atoms with Crippen LogP contribution in [0.15, 0.2) is 48.5 Å². The molecular formula is C19H18Cl3CrN5. The third-order valence-electron chi connectivity index (χ3n) is 4.76. The minimum Gasteiger partial charge on any atom is -0.644 e. The Bertz CT molecular complexity index is 915. The predicted molar refractivity (Wildman–Crippen MR) is 112 cm³/mol. The maximum absolute atomic E-state index is 5.03. The van der Waals surface area contributed by atoms with Crippen molar-refractivity contribution in [2.24, 2.45) is 0 Å². The Balaban J connectivity index is 0.000000442. The molecule has 0 saturated carbocycles. The number of nitrogens with one attached hydrogen (secondary N) is 2. The van der Waals surface area contributed by atoms with Gasteiger partial charge in [0.15, 0.2) is 0 Å². The normalized spacial score (nSPS) is 19.7. The average Bonchev–Trinajstić information content (AvgIpc) is 3.32. The van der Waals surface area contributed by atoms with Gasteiger partial charge in [0.1, 0.15) is 0 Å². The Morgan fingerprint density at radius 2 is 1.21 bits per heavy atom. The molecule has 2 unspecified atom stereocenters. The third-order valence-corrected chi connectivity index (χ3v) is 4.76. The molecule has 2 aromatic carbocycles. The van der Waals surface area contributed by atoms with Crippen LogP contribution in [-0.2, 0) is 11.4 Å². The second-order valence-electron chi connectivity index (χ2n) is 6.56. The van der Waals surface area contributed by atoms with Crippen molar-refractivity contribution in [2.75, 3.05) is 0 Å². The summed E-state index contributed by atoms with van der Waals surface area (Å²) in [6.45, 7) is 0. The summed E-state index contributed by atoms with van der Waals surface area (Å²) in [4.78, 5) is 16.3. The van der Waals surface area contributed by atoms with Crippen molar-refractivity contribution in [2.45, 2.75) is 31.3 Å². The van der Waals surface area contributed by atoms with E-state index in [9.17, 15) is 0 Å². The van der Waals surface area contributed by atoms with Gasteiger partial charge in [-0.25, -0.2) is 9.97 Å². The zero-order chi connectivity index (χ0) is 19.5. The van der Waals surface area contributed by atoms with Crippen LogP contribution in [0.25, 0.3) is 27.4 Å². The van der Waals surface area contributed by atoms with Gasteiger partial charge in [0.05, 0.1) is 33.7 Å². The number of aromatic amines is 2. The van der Waals surface area contributed by atoms with Gasteiger partial charge in [-0.2, -0.15) is 0 Å². The van der Waals surface area contributed by atoms with Crippen molar-refractivity contribution in [3.63, 3.8) is 0 Å². The van der Waals surface area contributed by atoms with Crippen LogP contribution < -0.4 is 0 Å². The number of hydrogen-bond donors (Lipinski definition) is 2. The van der Waals surface area contributed by atoms with E-state index in [2.05, 4.69) is 22.1 Å². The van der Waals surface area contributed by atoms with Gasteiger partial charge in [0.2, 0.25) is 0 Å². The standard InChI is InChI=1S/C19H18N5.3ClH.Cr/c1-2-7-13-12(6-1)21-18(22-13)16-10-5-11-17(20-16)19-23-14-8-3-4-9-15(14)24-19;;;;/h1-4,6-9,16-17H,5,10-11H2,(H,21,22)(H,23,24);3*1H;/q-1;;;;+4/p-3. The number of benzene rings is 2. The number of imidazole rings is 2. The van der Waals surface area contributed by atoms with Gasteiger partial charge < -0.3 is 15.3 Å². The quantitative estimate of drug-likeness (QED) is 0.334. The van der Waals surface area contributed by atoms with Gasteiger partial charge in [-0.1, -0.05) is 55.6 Å². The Kier molecular flexibility index (Phi) is 6.47. The van der Waals surface area contributed by atoms with Crippen LogP contribution in [0.1, 0.15) is 43.0 Å². The first-order valence-electron chi connectivity index (χ1n) is 8.92. The van der Waals surface area contributed by atoms with E-state index >= 15 is 0 Å². The largest absolute Gasteiger partial charge is 0.644 e. The van der Waals surface area contributed by atoms with Gasteiger partial charge in [-0.05, 0) is 24.3 Å². The smallest absolute Gasteiger partial charge is 0.0891 e. The molecule has 28 heavy (non-hydrogen) atoms. The fraction of sp³-hybridized carbons (Fsp3) is 0.263. The summed E-state index contributed by atoms with van der Waals surface area (Å²) in [6, 6.07) is 16.5. The maximum Gasteiger partial charge on any atom is 0.0891 e. The second kappa shape index (κ2) is 9.04. The molecule has 5 rings (SSSR count). The molecule has 0 amide bonds. The summed E-state index contributed by atoms with van der Waals surface area (Å²) in [5.74, 6) is 1.94. The van der Waals surface area contributed by atoms with E-state index in [1.807, 2.05) is 36.4 Å². The SMILES string of the molecule is [Cl][Cr+]([Cl])[Cl].c1ccc2[nH]c(C3CCCC(c4nc5ccccc5[nH]4)[N-]3)nc2c1. The van der Waals surface area contributed by atoms with E-state index in [1.54, 1.807) is 0 Å². The van der Waals surface area contributed by atoms with E-state index in [1.165, 1.54) is 0 Å². The molecule has 3 heterocycles. The van der Waals surface area contributed by atoms with Crippen molar-refractivity contribution in [3.8, 4) is 0 Å². The summed E-state index contributed by atoms with van der Waals surface area (Å²) in [6.07, 6.45) is 3.21. The zero-order valence-corrected chi connectivity index (χ0v) is 18.3. The predicted octanol–water partition coefficient (Wildman–Crippen LogP) is 6.85. The molecule has 0 bridgehead atoms. The molecule has 0 spiro atoms. The number of halogens is 3. The maximum atomic E-state index is 5.03. The van der Waals surface area contributed by atoms with Crippen molar-refractivity contribution < 1.29 is 11.4 Å². The molecular weight excluding hydrogens is 457 g/mol. The number of para-hydroxylation sites is 4. The van der Waals surface area contributed by atoms with E-state index in [4.69, 9.17) is 45.4 Å². The van der Waals surface area contributed by atoms with Gasteiger partial charge in [-0.15, -0.1) is 0 Å². The van der Waals surface area contributed by atoms with Crippen LogP contribution in [0, 0.1) is 0 Å². The van der Waals surface area contributed by atoms with Gasteiger partial charge in [0.25, 0.3) is 0 Å². The number of rotatable bonds is 2. The first-order valence-corrected chi connectivity index (χ1v) is 14.2. The van der Waals surface area contributed by atoms with Crippen molar-refractivity contribution >= 4 is 52.2 Å². The fourth-order valence-electron chi connectivity index (χ4n) is 3.55. The summed E-state index contributed by atoms with van der Waals surface area (Å²) in [5, 5.41) is 5.03. The van der Waals surface area contributed by atoms with Crippen LogP contribution >= 0.6 is 30.1 Å². The van der Waals surface area contributed by atoms with Crippen LogP contribution in [0.4, 0.5) is 0 Å². The van der Waals surface area contributed by atoms with Crippen LogP contribution in [0.3, 0.4) is 0 Å². The molecule has 4 aromatic rings. The van der Waals surface area contributed by atoms with Crippen molar-refractivity contribution in [3.05, 3.63) is 65.5 Å². The van der Waals surface area contributed by atoms with E-state index < -0.39 is 11.4 Å². The van der Waals surface area contributed by atoms with Crippen molar-refractivity contribution in [1.82, 2.24) is 19.9 Å². The molecule has 2 atom stereocenters. The number of hydrogen-bond acceptors (Lipinski definition) is 2. The topological polar surface area (TPSA) is 71.5 Å². The number of piperidine rings is 1. The molecule has 9 heteroatoms. The monoisotopic (exact) mass is 473 g/mol. The fourth-order valence-corrected chi connectivity index (χ4v) is 3.55. The Morgan fingerprint density at radius 1 is 0.786 bits per heavy atom. The Hall–Kier alpha value is -1.26. The molecule has 146 valence electrons. The molecule has 2 aromatic heterocycles. The van der Waals surface area contributed by atoms with Crippen LogP contribution in [-0.4, -0.2) is 19.9 Å². The molecule has 0 aliphatic carbocycles. The van der Waals surface area contributed by atoms with E-state index in [0.717, 1.165) is 53.0 Å². The molecule has 2 N–H and O–H groups in total. The number of fused-ring (bicyclic) bond motifs is 2. The first-order chi connectivity index (χ1) is 13.6. The number of H-pyrrole nitrogens is 2. The number of nitrogens with zero attached hydrogens (tertiary/aromatic N) is 3. The van der Waals surface area contributed by atoms with Crippen LogP contribution in [0.5, 0.6) is 0 Å². The first kappa shape index (κ1) is 20.0. The Morgan fingerprint density at radius 3 is 1.64 bits per heavy atom. The minimum absolute atomic E-state index is 0.115. The third kappa shape index (κ3) is 4.65. The van der Waals surface area contributed by atoms with Gasteiger partial charge >= 0.3 is 41.5 Å². The summed E-state index contributed by atoms with van der Waals surface area (Å²) in [5.41, 5.74) is 4.17. The summed E-state index contributed by atoms with van der Waals surface area (Å²) >= 11 is -1.62. The van der Waals surface area contributed by atoms with E-state index in [0.29, 0.717) is 0 Å². The number of aromatic nitrogens is 4. The average molecular weight is 475 g/mol. The second-order valence-corrected chi connectivity index (χ2v) is 12.9. The molecule has 1 fully saturated rings. The summed E-state index contributed by atoms with van der Waals surface area (Å²) in [7, 11) is 14.8. The van der Waals surface area contributed by atoms with E-state index in [-0.39, 0.29) is 12.1 Å². The summed E-state index contributed by atoms with van der Waals surface area (Å²) < 4.78 is 0. The molecule has 1 aliphatic rings.